The number of anilines is 1. The SMILES string of the molecule is Cc1nc2ccccn2c1-c1ccnc(NC(=O)Cc2ccccc2)n1. The van der Waals surface area contributed by atoms with Crippen LogP contribution in [0.2, 0.25) is 0 Å². The molecule has 4 aromatic rings. The van der Waals surface area contributed by atoms with Crippen molar-refractivity contribution in [2.24, 2.45) is 0 Å². The smallest absolute Gasteiger partial charge is 0.231 e. The van der Waals surface area contributed by atoms with Gasteiger partial charge in [0, 0.05) is 12.4 Å². The molecule has 0 bridgehead atoms. The Kier molecular flexibility index (Phi) is 4.15. The highest BCUT2D eigenvalue weighted by molar-refractivity contribution is 5.90. The zero-order valence-electron chi connectivity index (χ0n) is 14.3. The van der Waals surface area contributed by atoms with Gasteiger partial charge in [-0.25, -0.2) is 15.0 Å². The van der Waals surface area contributed by atoms with E-state index in [-0.39, 0.29) is 18.3 Å². The molecule has 0 aliphatic carbocycles. The molecular formula is C20H17N5O. The molecule has 128 valence electrons. The second-order valence-electron chi connectivity index (χ2n) is 5.95. The lowest BCUT2D eigenvalue weighted by Crippen LogP contribution is -2.16. The molecular weight excluding hydrogens is 326 g/mol. The normalized spacial score (nSPS) is 10.8. The number of aryl methyl sites for hydroxylation is 1. The fourth-order valence-electron chi connectivity index (χ4n) is 2.92. The minimum Gasteiger partial charge on any atom is -0.298 e. The number of benzene rings is 1. The molecule has 0 spiro atoms. The van der Waals surface area contributed by atoms with Gasteiger partial charge in [0.05, 0.1) is 23.5 Å². The summed E-state index contributed by atoms with van der Waals surface area (Å²) in [6.07, 6.45) is 3.87. The minimum atomic E-state index is -0.150. The first-order chi connectivity index (χ1) is 12.7. The Morgan fingerprint density at radius 1 is 1.04 bits per heavy atom. The number of carbonyl (C=O) groups excluding carboxylic acids is 1. The fourth-order valence-corrected chi connectivity index (χ4v) is 2.92. The van der Waals surface area contributed by atoms with Gasteiger partial charge < -0.3 is 0 Å². The maximum Gasteiger partial charge on any atom is 0.231 e. The zero-order chi connectivity index (χ0) is 17.9. The molecule has 0 fully saturated rings. The third-order valence-electron chi connectivity index (χ3n) is 4.06. The molecule has 0 aliphatic heterocycles. The summed E-state index contributed by atoms with van der Waals surface area (Å²) in [7, 11) is 0. The first-order valence-corrected chi connectivity index (χ1v) is 8.31. The number of pyridine rings is 1. The highest BCUT2D eigenvalue weighted by Gasteiger charge is 2.13. The number of imidazole rings is 1. The predicted octanol–water partition coefficient (Wildman–Crippen LogP) is 3.28. The molecule has 6 heteroatoms. The van der Waals surface area contributed by atoms with E-state index in [1.807, 2.05) is 72.1 Å². The van der Waals surface area contributed by atoms with E-state index < -0.39 is 0 Å². The van der Waals surface area contributed by atoms with Crippen LogP contribution in [-0.2, 0) is 11.2 Å². The van der Waals surface area contributed by atoms with Crippen LogP contribution >= 0.6 is 0 Å². The van der Waals surface area contributed by atoms with Gasteiger partial charge in [-0.1, -0.05) is 36.4 Å². The molecule has 26 heavy (non-hydrogen) atoms. The van der Waals surface area contributed by atoms with Crippen LogP contribution in [-0.4, -0.2) is 25.3 Å². The van der Waals surface area contributed by atoms with Crippen LogP contribution in [0.15, 0.2) is 67.0 Å². The van der Waals surface area contributed by atoms with Gasteiger partial charge in [0.2, 0.25) is 11.9 Å². The highest BCUT2D eigenvalue weighted by atomic mass is 16.1. The Hall–Kier alpha value is -3.54. The van der Waals surface area contributed by atoms with Crippen molar-refractivity contribution < 1.29 is 4.79 Å². The number of hydrogen-bond acceptors (Lipinski definition) is 4. The largest absolute Gasteiger partial charge is 0.298 e. The van der Waals surface area contributed by atoms with Crippen molar-refractivity contribution in [3.63, 3.8) is 0 Å². The number of nitrogens with one attached hydrogen (secondary N) is 1. The number of rotatable bonds is 4. The van der Waals surface area contributed by atoms with Gasteiger partial charge >= 0.3 is 0 Å². The van der Waals surface area contributed by atoms with Crippen molar-refractivity contribution in [1.82, 2.24) is 19.4 Å². The van der Waals surface area contributed by atoms with E-state index in [0.717, 1.165) is 22.6 Å². The van der Waals surface area contributed by atoms with Crippen LogP contribution in [0.3, 0.4) is 0 Å². The first kappa shape index (κ1) is 16.0. The summed E-state index contributed by atoms with van der Waals surface area (Å²) in [6.45, 7) is 1.94. The molecule has 4 rings (SSSR count). The second kappa shape index (κ2) is 6.76. The third-order valence-corrected chi connectivity index (χ3v) is 4.06. The number of hydrogen-bond donors (Lipinski definition) is 1. The van der Waals surface area contributed by atoms with Crippen LogP contribution in [0.5, 0.6) is 0 Å². The van der Waals surface area contributed by atoms with E-state index in [2.05, 4.69) is 20.3 Å². The molecule has 6 nitrogen and oxygen atoms in total. The quantitative estimate of drug-likeness (QED) is 0.617. The Morgan fingerprint density at radius 2 is 1.85 bits per heavy atom. The summed E-state index contributed by atoms with van der Waals surface area (Å²) in [4.78, 5) is 25.5. The lowest BCUT2D eigenvalue weighted by Gasteiger charge is -2.07. The van der Waals surface area contributed by atoms with E-state index in [9.17, 15) is 4.79 Å². The van der Waals surface area contributed by atoms with Gasteiger partial charge in [-0.05, 0) is 30.7 Å². The molecule has 0 saturated heterocycles. The maximum atomic E-state index is 12.3. The Labute approximate surface area is 150 Å². The summed E-state index contributed by atoms with van der Waals surface area (Å²) in [5, 5.41) is 2.77. The second-order valence-corrected chi connectivity index (χ2v) is 5.95. The van der Waals surface area contributed by atoms with Crippen LogP contribution in [0, 0.1) is 6.92 Å². The summed E-state index contributed by atoms with van der Waals surface area (Å²) in [5.74, 6) is 0.136. The van der Waals surface area contributed by atoms with Crippen LogP contribution in [0.1, 0.15) is 11.3 Å². The number of aromatic nitrogens is 4. The fraction of sp³-hybridized carbons (Fsp3) is 0.100. The van der Waals surface area contributed by atoms with Crippen molar-refractivity contribution in [2.75, 3.05) is 5.32 Å². The van der Waals surface area contributed by atoms with Crippen molar-refractivity contribution in [3.05, 3.63) is 78.2 Å². The van der Waals surface area contributed by atoms with E-state index in [1.165, 1.54) is 0 Å². The zero-order valence-corrected chi connectivity index (χ0v) is 14.3. The molecule has 3 heterocycles. The van der Waals surface area contributed by atoms with Crippen molar-refractivity contribution in [3.8, 4) is 11.4 Å². The molecule has 0 saturated carbocycles. The standard InChI is InChI=1S/C20H17N5O/c1-14-19(25-12-6-5-9-17(25)22-14)16-10-11-21-20(23-16)24-18(26)13-15-7-3-2-4-8-15/h2-12H,13H2,1H3,(H,21,23,24,26). The number of amides is 1. The highest BCUT2D eigenvalue weighted by Crippen LogP contribution is 2.23. The lowest BCUT2D eigenvalue weighted by atomic mass is 10.1. The average molecular weight is 343 g/mol. The summed E-state index contributed by atoms with van der Waals surface area (Å²) < 4.78 is 1.98. The third kappa shape index (κ3) is 3.17. The molecule has 1 amide bonds. The van der Waals surface area contributed by atoms with Crippen molar-refractivity contribution in [1.29, 1.82) is 0 Å². The van der Waals surface area contributed by atoms with Crippen LogP contribution in [0.25, 0.3) is 17.0 Å². The topological polar surface area (TPSA) is 72.2 Å². The predicted molar refractivity (Wildman–Crippen MR) is 99.7 cm³/mol. The van der Waals surface area contributed by atoms with E-state index in [0.29, 0.717) is 5.69 Å². The molecule has 1 N–H and O–H groups in total. The first-order valence-electron chi connectivity index (χ1n) is 8.31. The maximum absolute atomic E-state index is 12.3. The van der Waals surface area contributed by atoms with Gasteiger partial charge in [-0.3, -0.25) is 14.5 Å². The Balaban J connectivity index is 1.60. The van der Waals surface area contributed by atoms with Crippen molar-refractivity contribution in [2.45, 2.75) is 13.3 Å². The molecule has 0 unspecified atom stereocenters. The minimum absolute atomic E-state index is 0.150. The number of fused-ring (bicyclic) bond motifs is 1. The van der Waals surface area contributed by atoms with Crippen LogP contribution < -0.4 is 5.32 Å². The van der Waals surface area contributed by atoms with E-state index in [4.69, 9.17) is 0 Å². The molecule has 1 aromatic carbocycles. The molecule has 0 radical (unpaired) electrons. The van der Waals surface area contributed by atoms with Crippen molar-refractivity contribution >= 4 is 17.5 Å². The van der Waals surface area contributed by atoms with Crippen LogP contribution in [0.4, 0.5) is 5.95 Å². The molecule has 0 atom stereocenters. The summed E-state index contributed by atoms with van der Waals surface area (Å²) in [6, 6.07) is 17.2. The van der Waals surface area contributed by atoms with Gasteiger partial charge in [0.15, 0.2) is 0 Å². The average Bonchev–Trinajstić information content (AvgIpc) is 2.98. The monoisotopic (exact) mass is 343 g/mol. The summed E-state index contributed by atoms with van der Waals surface area (Å²) in [5.41, 5.74) is 4.27. The van der Waals surface area contributed by atoms with Gasteiger partial charge in [-0.15, -0.1) is 0 Å². The summed E-state index contributed by atoms with van der Waals surface area (Å²) >= 11 is 0. The molecule has 0 aliphatic rings. The van der Waals surface area contributed by atoms with Gasteiger partial charge in [0.25, 0.3) is 0 Å². The lowest BCUT2D eigenvalue weighted by molar-refractivity contribution is -0.115. The van der Waals surface area contributed by atoms with E-state index in [1.54, 1.807) is 6.20 Å². The Bertz CT molecular complexity index is 1070. The number of nitrogens with zero attached hydrogens (tertiary/aromatic N) is 4. The van der Waals surface area contributed by atoms with Gasteiger partial charge in [-0.2, -0.15) is 0 Å². The van der Waals surface area contributed by atoms with E-state index >= 15 is 0 Å². The molecule has 3 aromatic heterocycles. The number of carbonyl (C=O) groups is 1. The van der Waals surface area contributed by atoms with Gasteiger partial charge in [0.1, 0.15) is 5.65 Å². The Morgan fingerprint density at radius 3 is 2.69 bits per heavy atom.